The zero-order valence-electron chi connectivity index (χ0n) is 13.8. The number of carbonyl (C=O) groups is 2. The summed E-state index contributed by atoms with van der Waals surface area (Å²) in [6, 6.07) is -0.471. The van der Waals surface area contributed by atoms with Crippen LogP contribution in [0, 0.1) is 11.8 Å². The first-order valence-corrected chi connectivity index (χ1v) is 8.49. The molecule has 0 aromatic rings. The first kappa shape index (κ1) is 14.9. The van der Waals surface area contributed by atoms with Gasteiger partial charge in [-0.25, -0.2) is 0 Å². The average Bonchev–Trinajstić information content (AvgIpc) is 3.26. The van der Waals surface area contributed by atoms with Gasteiger partial charge in [0.25, 0.3) is 0 Å². The van der Waals surface area contributed by atoms with Crippen LogP contribution in [0.1, 0.15) is 59.8 Å². The van der Waals surface area contributed by atoms with Gasteiger partial charge in [-0.05, 0) is 57.8 Å². The molecular formula is C17H28N2O2. The first-order chi connectivity index (χ1) is 9.85. The van der Waals surface area contributed by atoms with E-state index in [-0.39, 0.29) is 35.4 Å². The summed E-state index contributed by atoms with van der Waals surface area (Å²) in [7, 11) is 0. The number of hydrogen-bond donors (Lipinski definition) is 0. The molecule has 0 aromatic carbocycles. The third-order valence-electron chi connectivity index (χ3n) is 5.67. The van der Waals surface area contributed by atoms with Crippen LogP contribution in [-0.4, -0.2) is 45.8 Å². The second-order valence-electron chi connectivity index (χ2n) is 7.87. The highest BCUT2D eigenvalue weighted by Gasteiger charge is 2.55. The molecule has 21 heavy (non-hydrogen) atoms. The van der Waals surface area contributed by atoms with Crippen molar-refractivity contribution in [1.29, 1.82) is 0 Å². The van der Waals surface area contributed by atoms with Gasteiger partial charge in [-0.15, -0.1) is 0 Å². The quantitative estimate of drug-likeness (QED) is 0.801. The second kappa shape index (κ2) is 4.99. The Morgan fingerprint density at radius 1 is 1.05 bits per heavy atom. The fraction of sp³-hybridized carbons (Fsp3) is 0.882. The lowest BCUT2D eigenvalue weighted by atomic mass is 9.84. The highest BCUT2D eigenvalue weighted by Crippen LogP contribution is 2.46. The maximum absolute atomic E-state index is 13.1. The van der Waals surface area contributed by atoms with Crippen molar-refractivity contribution in [3.05, 3.63) is 0 Å². The van der Waals surface area contributed by atoms with Crippen molar-refractivity contribution in [1.82, 2.24) is 9.80 Å². The monoisotopic (exact) mass is 292 g/mol. The molecule has 2 amide bonds. The Hall–Kier alpha value is -1.06. The van der Waals surface area contributed by atoms with Gasteiger partial charge in [-0.2, -0.15) is 0 Å². The highest BCUT2D eigenvalue weighted by molar-refractivity contribution is 5.97. The van der Waals surface area contributed by atoms with Crippen molar-refractivity contribution in [2.75, 3.05) is 6.54 Å². The van der Waals surface area contributed by atoms with Gasteiger partial charge >= 0.3 is 0 Å². The van der Waals surface area contributed by atoms with Crippen molar-refractivity contribution < 1.29 is 9.59 Å². The van der Waals surface area contributed by atoms with Crippen molar-refractivity contribution in [3.63, 3.8) is 0 Å². The Bertz CT molecular complexity index is 454. The summed E-state index contributed by atoms with van der Waals surface area (Å²) in [4.78, 5) is 30.0. The number of hydrogen-bond acceptors (Lipinski definition) is 2. The SMILES string of the molecule is CC(C)C1C(=O)N2CCCCC2C(=O)N1C(C)(C)C1CC1. The molecular weight excluding hydrogens is 264 g/mol. The summed E-state index contributed by atoms with van der Waals surface area (Å²) < 4.78 is 0. The zero-order valence-corrected chi connectivity index (χ0v) is 13.8. The minimum atomic E-state index is -0.276. The summed E-state index contributed by atoms with van der Waals surface area (Å²) in [6.07, 6.45) is 5.30. The first-order valence-electron chi connectivity index (χ1n) is 8.49. The summed E-state index contributed by atoms with van der Waals surface area (Å²) >= 11 is 0. The molecule has 1 aliphatic carbocycles. The smallest absolute Gasteiger partial charge is 0.246 e. The number of nitrogens with zero attached hydrogens (tertiary/aromatic N) is 2. The van der Waals surface area contributed by atoms with Crippen LogP contribution in [0.25, 0.3) is 0 Å². The maximum Gasteiger partial charge on any atom is 0.246 e. The lowest BCUT2D eigenvalue weighted by Crippen LogP contribution is -2.71. The number of amides is 2. The summed E-state index contributed by atoms with van der Waals surface area (Å²) in [5.74, 6) is 1.11. The molecule has 0 bridgehead atoms. The lowest BCUT2D eigenvalue weighted by Gasteiger charge is -2.54. The van der Waals surface area contributed by atoms with Crippen LogP contribution in [0.3, 0.4) is 0 Å². The van der Waals surface area contributed by atoms with Crippen LogP contribution in [-0.2, 0) is 9.59 Å². The number of carbonyl (C=O) groups excluding carboxylic acids is 2. The van der Waals surface area contributed by atoms with Crippen LogP contribution >= 0.6 is 0 Å². The molecule has 2 aliphatic heterocycles. The predicted molar refractivity (Wildman–Crippen MR) is 81.6 cm³/mol. The molecule has 2 unspecified atom stereocenters. The average molecular weight is 292 g/mol. The minimum absolute atomic E-state index is 0.169. The molecule has 3 rings (SSSR count). The standard InChI is InChI=1S/C17H28N2O2/c1-11(2)14-16(21)18-10-6-5-7-13(18)15(20)19(14)17(3,4)12-8-9-12/h11-14H,5-10H2,1-4H3. The molecule has 1 saturated carbocycles. The van der Waals surface area contributed by atoms with E-state index in [0.29, 0.717) is 5.92 Å². The molecule has 0 spiro atoms. The fourth-order valence-electron chi connectivity index (χ4n) is 4.24. The van der Waals surface area contributed by atoms with Crippen molar-refractivity contribution in [3.8, 4) is 0 Å². The van der Waals surface area contributed by atoms with E-state index in [1.807, 2.05) is 9.80 Å². The molecule has 3 fully saturated rings. The number of rotatable bonds is 3. The lowest BCUT2D eigenvalue weighted by molar-refractivity contribution is -0.173. The zero-order chi connectivity index (χ0) is 15.4. The van der Waals surface area contributed by atoms with Crippen LogP contribution in [0.2, 0.25) is 0 Å². The van der Waals surface area contributed by atoms with E-state index in [9.17, 15) is 9.59 Å². The van der Waals surface area contributed by atoms with Gasteiger partial charge in [0.05, 0.1) is 0 Å². The third kappa shape index (κ3) is 2.27. The molecule has 0 N–H and O–H groups in total. The van der Waals surface area contributed by atoms with E-state index in [2.05, 4.69) is 27.7 Å². The van der Waals surface area contributed by atoms with E-state index in [1.165, 1.54) is 12.8 Å². The van der Waals surface area contributed by atoms with E-state index in [1.54, 1.807) is 0 Å². The number of fused-ring (bicyclic) bond motifs is 1. The van der Waals surface area contributed by atoms with Crippen molar-refractivity contribution >= 4 is 11.8 Å². The van der Waals surface area contributed by atoms with E-state index in [4.69, 9.17) is 0 Å². The molecule has 0 aromatic heterocycles. The molecule has 118 valence electrons. The Labute approximate surface area is 127 Å². The van der Waals surface area contributed by atoms with Crippen LogP contribution in [0.15, 0.2) is 0 Å². The van der Waals surface area contributed by atoms with E-state index in [0.717, 1.165) is 25.8 Å². The Balaban J connectivity index is 1.98. The van der Waals surface area contributed by atoms with Gasteiger partial charge in [0, 0.05) is 12.1 Å². The van der Waals surface area contributed by atoms with Gasteiger partial charge in [0.1, 0.15) is 12.1 Å². The minimum Gasteiger partial charge on any atom is -0.329 e. The van der Waals surface area contributed by atoms with Gasteiger partial charge in [-0.1, -0.05) is 13.8 Å². The topological polar surface area (TPSA) is 40.6 Å². The largest absolute Gasteiger partial charge is 0.329 e. The Kier molecular flexibility index (Phi) is 3.53. The van der Waals surface area contributed by atoms with Gasteiger partial charge in [0.15, 0.2) is 0 Å². The molecule has 2 saturated heterocycles. The molecule has 3 aliphatic rings. The van der Waals surface area contributed by atoms with Crippen LogP contribution in [0.5, 0.6) is 0 Å². The molecule has 2 heterocycles. The number of piperazine rings is 1. The van der Waals surface area contributed by atoms with Gasteiger partial charge in [0.2, 0.25) is 11.8 Å². The summed E-state index contributed by atoms with van der Waals surface area (Å²) in [5.41, 5.74) is -0.189. The Morgan fingerprint density at radius 2 is 1.71 bits per heavy atom. The molecule has 4 nitrogen and oxygen atoms in total. The van der Waals surface area contributed by atoms with Crippen molar-refractivity contribution in [2.45, 2.75) is 77.4 Å². The van der Waals surface area contributed by atoms with Gasteiger partial charge < -0.3 is 9.80 Å². The highest BCUT2D eigenvalue weighted by atomic mass is 16.2. The summed E-state index contributed by atoms with van der Waals surface area (Å²) in [5, 5.41) is 0. The maximum atomic E-state index is 13.1. The summed E-state index contributed by atoms with van der Waals surface area (Å²) in [6.45, 7) is 9.20. The number of piperidine rings is 1. The van der Waals surface area contributed by atoms with Crippen LogP contribution < -0.4 is 0 Å². The van der Waals surface area contributed by atoms with Gasteiger partial charge in [-0.3, -0.25) is 9.59 Å². The fourth-order valence-corrected chi connectivity index (χ4v) is 4.24. The Morgan fingerprint density at radius 3 is 2.29 bits per heavy atom. The molecule has 0 radical (unpaired) electrons. The second-order valence-corrected chi connectivity index (χ2v) is 7.87. The van der Waals surface area contributed by atoms with E-state index >= 15 is 0 Å². The third-order valence-corrected chi connectivity index (χ3v) is 5.67. The van der Waals surface area contributed by atoms with Crippen LogP contribution in [0.4, 0.5) is 0 Å². The van der Waals surface area contributed by atoms with E-state index < -0.39 is 0 Å². The molecule has 2 atom stereocenters. The normalized spacial score (nSPS) is 30.9. The molecule has 4 heteroatoms. The predicted octanol–water partition coefficient (Wildman–Crippen LogP) is 2.42. The van der Waals surface area contributed by atoms with Crippen molar-refractivity contribution in [2.24, 2.45) is 11.8 Å².